The quantitative estimate of drug-likeness (QED) is 0.663. The molecule has 1 aliphatic heterocycles. The molecule has 80 valence electrons. The average molecular weight is 196 g/mol. The Hall–Kier alpha value is -0.730. The van der Waals surface area contributed by atoms with Gasteiger partial charge in [0, 0.05) is 25.2 Å². The highest BCUT2D eigenvalue weighted by molar-refractivity contribution is 5.76. The molecule has 1 saturated carbocycles. The van der Waals surface area contributed by atoms with Crippen molar-refractivity contribution >= 4 is 6.03 Å². The number of rotatable bonds is 2. The summed E-state index contributed by atoms with van der Waals surface area (Å²) in [6, 6.07) is 1.19. The summed E-state index contributed by atoms with van der Waals surface area (Å²) in [5.41, 5.74) is 0. The van der Waals surface area contributed by atoms with Crippen LogP contribution >= 0.6 is 0 Å². The van der Waals surface area contributed by atoms with Gasteiger partial charge < -0.3 is 9.80 Å². The molecular weight excluding hydrogens is 176 g/mol. The van der Waals surface area contributed by atoms with Crippen LogP contribution in [0.4, 0.5) is 4.79 Å². The van der Waals surface area contributed by atoms with Crippen LogP contribution in [0.3, 0.4) is 0 Å². The molecule has 1 saturated heterocycles. The first-order valence-electron chi connectivity index (χ1n) is 5.77. The zero-order chi connectivity index (χ0) is 10.1. The topological polar surface area (TPSA) is 23.6 Å². The second kappa shape index (κ2) is 3.79. The number of nitrogens with zero attached hydrogens (tertiary/aromatic N) is 2. The van der Waals surface area contributed by atoms with Crippen molar-refractivity contribution in [3.05, 3.63) is 0 Å². The van der Waals surface area contributed by atoms with Gasteiger partial charge in [0.15, 0.2) is 0 Å². The average Bonchev–Trinajstić information content (AvgIpc) is 2.04. The van der Waals surface area contributed by atoms with Crippen molar-refractivity contribution in [2.45, 2.75) is 51.6 Å². The van der Waals surface area contributed by atoms with Crippen LogP contribution in [0.25, 0.3) is 0 Å². The summed E-state index contributed by atoms with van der Waals surface area (Å²) >= 11 is 0. The van der Waals surface area contributed by atoms with Crippen LogP contribution in [0, 0.1) is 0 Å². The van der Waals surface area contributed by atoms with Gasteiger partial charge in [-0.1, -0.05) is 0 Å². The third-order valence-electron chi connectivity index (χ3n) is 3.43. The molecule has 0 spiro atoms. The largest absolute Gasteiger partial charge is 0.322 e. The van der Waals surface area contributed by atoms with E-state index in [2.05, 4.69) is 18.7 Å². The van der Waals surface area contributed by atoms with Gasteiger partial charge in [0.2, 0.25) is 0 Å². The lowest BCUT2D eigenvalue weighted by Gasteiger charge is -2.44. The Morgan fingerprint density at radius 2 is 1.93 bits per heavy atom. The highest BCUT2D eigenvalue weighted by Crippen LogP contribution is 2.28. The zero-order valence-electron chi connectivity index (χ0n) is 9.20. The summed E-state index contributed by atoms with van der Waals surface area (Å²) in [6.45, 7) is 6.12. The summed E-state index contributed by atoms with van der Waals surface area (Å²) in [6.07, 6.45) is 4.88. The number of carbonyl (C=O) groups excluding carboxylic acids is 1. The molecular formula is C11H20N2O. The van der Waals surface area contributed by atoms with E-state index < -0.39 is 0 Å². The minimum absolute atomic E-state index is 0.274. The number of hydrogen-bond donors (Lipinski definition) is 0. The molecule has 0 N–H and O–H groups in total. The van der Waals surface area contributed by atoms with Gasteiger partial charge in [0.25, 0.3) is 0 Å². The summed E-state index contributed by atoms with van der Waals surface area (Å²) in [5, 5.41) is 0. The van der Waals surface area contributed by atoms with Crippen LogP contribution in [0.2, 0.25) is 0 Å². The van der Waals surface area contributed by atoms with Crippen LogP contribution in [-0.4, -0.2) is 41.0 Å². The summed E-state index contributed by atoms with van der Waals surface area (Å²) in [5.74, 6) is 0. The molecule has 0 bridgehead atoms. The van der Waals surface area contributed by atoms with Crippen molar-refractivity contribution < 1.29 is 4.79 Å². The normalized spacial score (nSPS) is 24.4. The third kappa shape index (κ3) is 1.60. The monoisotopic (exact) mass is 196 g/mol. The van der Waals surface area contributed by atoms with Crippen molar-refractivity contribution in [2.75, 3.05) is 13.1 Å². The molecule has 0 aromatic rings. The van der Waals surface area contributed by atoms with Crippen molar-refractivity contribution in [1.29, 1.82) is 0 Å². The third-order valence-corrected chi connectivity index (χ3v) is 3.43. The predicted octanol–water partition coefficient (Wildman–Crippen LogP) is 2.08. The zero-order valence-corrected chi connectivity index (χ0v) is 9.20. The lowest BCUT2D eigenvalue weighted by molar-refractivity contribution is 0.0732. The van der Waals surface area contributed by atoms with Crippen LogP contribution in [0.1, 0.15) is 39.5 Å². The predicted molar refractivity (Wildman–Crippen MR) is 56.2 cm³/mol. The van der Waals surface area contributed by atoms with Gasteiger partial charge >= 0.3 is 6.03 Å². The Morgan fingerprint density at radius 3 is 2.43 bits per heavy atom. The molecule has 2 fully saturated rings. The standard InChI is InChI=1S/C11H20N2O/c1-9(2)12-7-4-8-13(11(12)14)10-5-3-6-10/h9-10H,3-8H2,1-2H3. The van der Waals surface area contributed by atoms with Gasteiger partial charge in [0.1, 0.15) is 0 Å². The molecule has 0 unspecified atom stereocenters. The maximum Gasteiger partial charge on any atom is 0.320 e. The van der Waals surface area contributed by atoms with E-state index in [9.17, 15) is 4.79 Å². The second-order valence-corrected chi connectivity index (χ2v) is 4.70. The summed E-state index contributed by atoms with van der Waals surface area (Å²) in [4.78, 5) is 16.1. The molecule has 3 nitrogen and oxygen atoms in total. The number of amides is 2. The minimum atomic E-state index is 0.274. The number of hydrogen-bond acceptors (Lipinski definition) is 1. The molecule has 2 rings (SSSR count). The van der Waals surface area contributed by atoms with Crippen LogP contribution in [-0.2, 0) is 0 Å². The van der Waals surface area contributed by atoms with E-state index >= 15 is 0 Å². The first-order chi connectivity index (χ1) is 6.70. The molecule has 1 aliphatic carbocycles. The van der Waals surface area contributed by atoms with Gasteiger partial charge in [-0.2, -0.15) is 0 Å². The Balaban J connectivity index is 2.00. The van der Waals surface area contributed by atoms with E-state index in [0.29, 0.717) is 12.1 Å². The maximum absolute atomic E-state index is 12.1. The van der Waals surface area contributed by atoms with Crippen LogP contribution in [0.15, 0.2) is 0 Å². The van der Waals surface area contributed by atoms with E-state index in [4.69, 9.17) is 0 Å². The van der Waals surface area contributed by atoms with Gasteiger partial charge in [-0.15, -0.1) is 0 Å². The van der Waals surface area contributed by atoms with Crippen molar-refractivity contribution in [3.63, 3.8) is 0 Å². The highest BCUT2D eigenvalue weighted by Gasteiger charge is 2.34. The van der Waals surface area contributed by atoms with E-state index in [1.165, 1.54) is 19.3 Å². The summed E-state index contributed by atoms with van der Waals surface area (Å²) in [7, 11) is 0. The van der Waals surface area contributed by atoms with Crippen molar-refractivity contribution in [3.8, 4) is 0 Å². The lowest BCUT2D eigenvalue weighted by Crippen LogP contribution is -2.56. The Bertz CT molecular complexity index is 223. The number of carbonyl (C=O) groups is 1. The van der Waals surface area contributed by atoms with Gasteiger partial charge in [-0.05, 0) is 39.5 Å². The first kappa shape index (κ1) is 9.81. The molecule has 2 amide bonds. The highest BCUT2D eigenvalue weighted by atomic mass is 16.2. The number of urea groups is 1. The molecule has 0 aromatic heterocycles. The Labute approximate surface area is 86.1 Å². The Kier molecular flexibility index (Phi) is 2.66. The fourth-order valence-corrected chi connectivity index (χ4v) is 2.28. The van der Waals surface area contributed by atoms with Crippen molar-refractivity contribution in [1.82, 2.24) is 9.80 Å². The van der Waals surface area contributed by atoms with E-state index in [0.717, 1.165) is 19.5 Å². The van der Waals surface area contributed by atoms with E-state index in [1.54, 1.807) is 0 Å². The lowest BCUT2D eigenvalue weighted by atomic mass is 9.91. The van der Waals surface area contributed by atoms with Gasteiger partial charge in [-0.25, -0.2) is 4.79 Å². The molecule has 2 aliphatic rings. The minimum Gasteiger partial charge on any atom is -0.322 e. The second-order valence-electron chi connectivity index (χ2n) is 4.70. The molecule has 0 aromatic carbocycles. The van der Waals surface area contributed by atoms with Crippen molar-refractivity contribution in [2.24, 2.45) is 0 Å². The maximum atomic E-state index is 12.1. The molecule has 3 heteroatoms. The Morgan fingerprint density at radius 1 is 1.21 bits per heavy atom. The van der Waals surface area contributed by atoms with Crippen LogP contribution < -0.4 is 0 Å². The summed E-state index contributed by atoms with van der Waals surface area (Å²) < 4.78 is 0. The van der Waals surface area contributed by atoms with E-state index in [-0.39, 0.29) is 6.03 Å². The van der Waals surface area contributed by atoms with Crippen LogP contribution in [0.5, 0.6) is 0 Å². The molecule has 0 radical (unpaired) electrons. The SMILES string of the molecule is CC(C)N1CCCN(C2CCC2)C1=O. The molecule has 14 heavy (non-hydrogen) atoms. The van der Waals surface area contributed by atoms with Gasteiger partial charge in [0.05, 0.1) is 0 Å². The van der Waals surface area contributed by atoms with Gasteiger partial charge in [-0.3, -0.25) is 0 Å². The molecule has 0 atom stereocenters. The molecule has 1 heterocycles. The fraction of sp³-hybridized carbons (Fsp3) is 0.909. The fourth-order valence-electron chi connectivity index (χ4n) is 2.28. The smallest absolute Gasteiger partial charge is 0.320 e. The van der Waals surface area contributed by atoms with E-state index in [1.807, 2.05) is 4.90 Å². The first-order valence-corrected chi connectivity index (χ1v) is 5.77.